The van der Waals surface area contributed by atoms with Crippen molar-refractivity contribution in [3.8, 4) is 0 Å². The third-order valence-electron chi connectivity index (χ3n) is 3.31. The van der Waals surface area contributed by atoms with Crippen LogP contribution >= 0.6 is 12.2 Å². The monoisotopic (exact) mass is 298 g/mol. The Morgan fingerprint density at radius 3 is 2.24 bits per heavy atom. The maximum absolute atomic E-state index is 5.55. The second kappa shape index (κ2) is 8.42. The minimum atomic E-state index is 0.805. The molecule has 21 heavy (non-hydrogen) atoms. The molecule has 2 aromatic carbocycles. The molecule has 3 heteroatoms. The highest BCUT2D eigenvalue weighted by atomic mass is 32.1. The van der Waals surface area contributed by atoms with Gasteiger partial charge < -0.3 is 10.2 Å². The second-order valence-corrected chi connectivity index (χ2v) is 5.34. The fourth-order valence-electron chi connectivity index (χ4n) is 2.17. The van der Waals surface area contributed by atoms with E-state index in [4.69, 9.17) is 12.2 Å². The molecule has 0 fully saturated rings. The van der Waals surface area contributed by atoms with E-state index >= 15 is 0 Å². The summed E-state index contributed by atoms with van der Waals surface area (Å²) in [5.74, 6) is 0. The van der Waals surface area contributed by atoms with Gasteiger partial charge in [-0.05, 0) is 42.8 Å². The standard InChI is InChI=1S/C18H22N2S/c1-2-14-19-18(21)20(17-11-7-4-8-12-17)15-13-16-9-5-3-6-10-16/h3-12H,2,13-15H2,1H3,(H,19,21). The predicted octanol–water partition coefficient (Wildman–Crippen LogP) is 4.02. The van der Waals surface area contributed by atoms with Gasteiger partial charge in [-0.1, -0.05) is 55.5 Å². The first-order chi connectivity index (χ1) is 10.3. The number of hydrogen-bond acceptors (Lipinski definition) is 1. The fourth-order valence-corrected chi connectivity index (χ4v) is 2.47. The maximum atomic E-state index is 5.55. The van der Waals surface area contributed by atoms with Crippen LogP contribution in [0.5, 0.6) is 0 Å². The van der Waals surface area contributed by atoms with E-state index < -0.39 is 0 Å². The van der Waals surface area contributed by atoms with E-state index in [1.54, 1.807) is 0 Å². The fraction of sp³-hybridized carbons (Fsp3) is 0.278. The topological polar surface area (TPSA) is 15.3 Å². The van der Waals surface area contributed by atoms with Gasteiger partial charge in [-0.3, -0.25) is 0 Å². The van der Waals surface area contributed by atoms with Crippen molar-refractivity contribution in [2.24, 2.45) is 0 Å². The van der Waals surface area contributed by atoms with Crippen molar-refractivity contribution in [1.82, 2.24) is 5.32 Å². The van der Waals surface area contributed by atoms with Crippen LogP contribution < -0.4 is 10.2 Å². The minimum Gasteiger partial charge on any atom is -0.362 e. The summed E-state index contributed by atoms with van der Waals surface area (Å²) in [5.41, 5.74) is 2.47. The van der Waals surface area contributed by atoms with Crippen LogP contribution in [-0.4, -0.2) is 18.2 Å². The number of hydrogen-bond donors (Lipinski definition) is 1. The average molecular weight is 298 g/mol. The summed E-state index contributed by atoms with van der Waals surface area (Å²) >= 11 is 5.55. The summed E-state index contributed by atoms with van der Waals surface area (Å²) in [6.07, 6.45) is 2.05. The first-order valence-electron chi connectivity index (χ1n) is 7.45. The number of anilines is 1. The van der Waals surface area contributed by atoms with Gasteiger partial charge in [0.05, 0.1) is 0 Å². The highest BCUT2D eigenvalue weighted by molar-refractivity contribution is 7.80. The van der Waals surface area contributed by atoms with E-state index in [0.29, 0.717) is 0 Å². The first kappa shape index (κ1) is 15.5. The number of rotatable bonds is 6. The van der Waals surface area contributed by atoms with E-state index in [2.05, 4.69) is 53.5 Å². The lowest BCUT2D eigenvalue weighted by molar-refractivity contribution is 0.820. The first-order valence-corrected chi connectivity index (χ1v) is 7.86. The Hall–Kier alpha value is -1.87. The number of para-hydroxylation sites is 1. The zero-order chi connectivity index (χ0) is 14.9. The highest BCUT2D eigenvalue weighted by Crippen LogP contribution is 2.14. The SMILES string of the molecule is CCCNC(=S)N(CCc1ccccc1)c1ccccc1. The third-order valence-corrected chi connectivity index (χ3v) is 3.67. The summed E-state index contributed by atoms with van der Waals surface area (Å²) in [6, 6.07) is 20.9. The van der Waals surface area contributed by atoms with Crippen LogP contribution in [0.2, 0.25) is 0 Å². The van der Waals surface area contributed by atoms with E-state index in [0.717, 1.165) is 36.7 Å². The molecule has 0 heterocycles. The van der Waals surface area contributed by atoms with Crippen LogP contribution in [0.15, 0.2) is 60.7 Å². The molecule has 0 saturated heterocycles. The Balaban J connectivity index is 2.07. The van der Waals surface area contributed by atoms with Crippen LogP contribution in [0.1, 0.15) is 18.9 Å². The van der Waals surface area contributed by atoms with Gasteiger partial charge >= 0.3 is 0 Å². The van der Waals surface area contributed by atoms with Gasteiger partial charge in [0.1, 0.15) is 0 Å². The summed E-state index contributed by atoms with van der Waals surface area (Å²) in [7, 11) is 0. The zero-order valence-electron chi connectivity index (χ0n) is 12.5. The summed E-state index contributed by atoms with van der Waals surface area (Å²) in [4.78, 5) is 2.18. The van der Waals surface area contributed by atoms with E-state index in [9.17, 15) is 0 Å². The van der Waals surface area contributed by atoms with Crippen molar-refractivity contribution in [2.45, 2.75) is 19.8 Å². The van der Waals surface area contributed by atoms with Gasteiger partial charge in [-0.25, -0.2) is 0 Å². The van der Waals surface area contributed by atoms with Crippen LogP contribution in [0.25, 0.3) is 0 Å². The molecule has 0 radical (unpaired) electrons. The molecule has 2 nitrogen and oxygen atoms in total. The molecule has 2 aromatic rings. The highest BCUT2D eigenvalue weighted by Gasteiger charge is 2.11. The Morgan fingerprint density at radius 2 is 1.62 bits per heavy atom. The number of nitrogens with one attached hydrogen (secondary N) is 1. The van der Waals surface area contributed by atoms with Gasteiger partial charge in [0.25, 0.3) is 0 Å². The normalized spacial score (nSPS) is 10.1. The van der Waals surface area contributed by atoms with E-state index in [-0.39, 0.29) is 0 Å². The van der Waals surface area contributed by atoms with Crippen molar-refractivity contribution in [1.29, 1.82) is 0 Å². The maximum Gasteiger partial charge on any atom is 0.173 e. The molecule has 0 bridgehead atoms. The van der Waals surface area contributed by atoms with Gasteiger partial charge in [0.2, 0.25) is 0 Å². The molecular formula is C18H22N2S. The number of nitrogens with zero attached hydrogens (tertiary/aromatic N) is 1. The molecule has 0 aliphatic rings. The average Bonchev–Trinajstić information content (AvgIpc) is 2.55. The lowest BCUT2D eigenvalue weighted by Crippen LogP contribution is -2.41. The second-order valence-electron chi connectivity index (χ2n) is 4.95. The molecule has 1 N–H and O–H groups in total. The lowest BCUT2D eigenvalue weighted by atomic mass is 10.1. The Morgan fingerprint density at radius 1 is 1.00 bits per heavy atom. The van der Waals surface area contributed by atoms with Gasteiger partial charge in [0.15, 0.2) is 5.11 Å². The molecule has 0 atom stereocenters. The van der Waals surface area contributed by atoms with Crippen LogP contribution in [0.3, 0.4) is 0 Å². The van der Waals surface area contributed by atoms with Crippen LogP contribution in [0.4, 0.5) is 5.69 Å². The Kier molecular flexibility index (Phi) is 6.22. The Bertz CT molecular complexity index is 540. The number of benzene rings is 2. The Labute approximate surface area is 132 Å². The molecule has 0 amide bonds. The van der Waals surface area contributed by atoms with Gasteiger partial charge in [-0.2, -0.15) is 0 Å². The molecule has 2 rings (SSSR count). The largest absolute Gasteiger partial charge is 0.362 e. The predicted molar refractivity (Wildman–Crippen MR) is 94.8 cm³/mol. The quantitative estimate of drug-likeness (QED) is 0.811. The van der Waals surface area contributed by atoms with Crippen LogP contribution in [-0.2, 0) is 6.42 Å². The molecule has 0 spiro atoms. The zero-order valence-corrected chi connectivity index (χ0v) is 13.3. The summed E-state index contributed by atoms with van der Waals surface area (Å²) < 4.78 is 0. The molecule has 0 aliphatic carbocycles. The molecule has 0 unspecified atom stereocenters. The van der Waals surface area contributed by atoms with Gasteiger partial charge in [0, 0.05) is 18.8 Å². The van der Waals surface area contributed by atoms with E-state index in [1.165, 1.54) is 5.56 Å². The van der Waals surface area contributed by atoms with Crippen LogP contribution in [0, 0.1) is 0 Å². The van der Waals surface area contributed by atoms with Crippen molar-refractivity contribution < 1.29 is 0 Å². The van der Waals surface area contributed by atoms with E-state index in [1.807, 2.05) is 24.3 Å². The van der Waals surface area contributed by atoms with Crippen molar-refractivity contribution in [3.05, 3.63) is 66.2 Å². The molecule has 110 valence electrons. The summed E-state index contributed by atoms with van der Waals surface area (Å²) in [6.45, 7) is 3.93. The summed E-state index contributed by atoms with van der Waals surface area (Å²) in [5, 5.41) is 4.13. The minimum absolute atomic E-state index is 0.805. The smallest absolute Gasteiger partial charge is 0.173 e. The van der Waals surface area contributed by atoms with Crippen molar-refractivity contribution in [2.75, 3.05) is 18.0 Å². The van der Waals surface area contributed by atoms with Crippen molar-refractivity contribution >= 4 is 23.0 Å². The molecule has 0 saturated carbocycles. The molecule has 0 aliphatic heterocycles. The molecular weight excluding hydrogens is 276 g/mol. The van der Waals surface area contributed by atoms with Gasteiger partial charge in [-0.15, -0.1) is 0 Å². The third kappa shape index (κ3) is 4.87. The van der Waals surface area contributed by atoms with Crippen molar-refractivity contribution in [3.63, 3.8) is 0 Å². The molecule has 0 aromatic heterocycles. The number of thiocarbonyl (C=S) groups is 1. The lowest BCUT2D eigenvalue weighted by Gasteiger charge is -2.26.